The van der Waals surface area contributed by atoms with Gasteiger partial charge < -0.3 is 4.57 Å². The number of thiophene rings is 1. The van der Waals surface area contributed by atoms with Crippen molar-refractivity contribution in [1.29, 1.82) is 0 Å². The highest BCUT2D eigenvalue weighted by Gasteiger charge is 2.01. The van der Waals surface area contributed by atoms with Crippen LogP contribution in [0.4, 0.5) is 0 Å². The number of benzene rings is 1. The van der Waals surface area contributed by atoms with E-state index in [0.29, 0.717) is 0 Å². The molecule has 1 aromatic carbocycles. The highest BCUT2D eigenvalue weighted by Crippen LogP contribution is 2.25. The minimum atomic E-state index is 0.954. The number of aryl methyl sites for hydroxylation is 1. The molecule has 0 radical (unpaired) electrons. The van der Waals surface area contributed by atoms with Gasteiger partial charge in [-0.3, -0.25) is 0 Å². The lowest BCUT2D eigenvalue weighted by molar-refractivity contribution is 0.798. The lowest BCUT2D eigenvalue weighted by Crippen LogP contribution is -1.89. The largest absolute Gasteiger partial charge is 0.300 e. The number of nitrogens with zero attached hydrogens (tertiary/aromatic N) is 1. The van der Waals surface area contributed by atoms with Gasteiger partial charge >= 0.3 is 0 Å². The molecule has 0 N–H and O–H groups in total. The van der Waals surface area contributed by atoms with Crippen LogP contribution in [0.15, 0.2) is 23.6 Å². The quantitative estimate of drug-likeness (QED) is 0.565. The van der Waals surface area contributed by atoms with Crippen molar-refractivity contribution in [2.45, 2.75) is 13.5 Å². The first-order chi connectivity index (χ1) is 6.88. The van der Waals surface area contributed by atoms with Gasteiger partial charge in [0.2, 0.25) is 0 Å². The average molecular weight is 199 g/mol. The summed E-state index contributed by atoms with van der Waals surface area (Å²) < 4.78 is 3.43. The molecule has 0 saturated carbocycles. The molecule has 0 aliphatic carbocycles. The monoisotopic (exact) mass is 199 g/mol. The van der Waals surface area contributed by atoms with Gasteiger partial charge in [0.05, 0.1) is 10.9 Å². The smallest absolute Gasteiger partial charge is 0.0653 e. The molecule has 0 fully saturated rings. The van der Waals surface area contributed by atoms with Gasteiger partial charge in [0.1, 0.15) is 0 Å². The van der Waals surface area contributed by atoms with E-state index in [2.05, 4.69) is 47.3 Å². The summed E-state index contributed by atoms with van der Waals surface area (Å²) >= 11 is 1.78. The summed E-state index contributed by atoms with van der Waals surface area (Å²) in [6, 6.07) is 9.74. The normalized spacial score (nSPS) is 10.9. The Labute approximate surface area is 86.6 Å². The number of rotatable bonds is 1. The summed E-state index contributed by atoms with van der Waals surface area (Å²) in [6.45, 7) is 3.08. The summed E-state index contributed by atoms with van der Waals surface area (Å²) in [4.78, 5) is 0. The molecule has 2 heteroatoms. The molecule has 0 aliphatic heterocycles. The van der Waals surface area contributed by atoms with Crippen LogP contribution in [0.3, 0.4) is 0 Å². The fourth-order valence-electron chi connectivity index (χ4n) is 1.76. The summed E-state index contributed by atoms with van der Waals surface area (Å²) in [5, 5.41) is 4.61. The van der Waals surface area contributed by atoms with Gasteiger partial charge in [-0.05, 0) is 42.0 Å². The molecule has 0 saturated heterocycles. The Kier molecular flexibility index (Phi) is 1.56. The molecular formula is C12H9NS. The molecule has 14 heavy (non-hydrogen) atoms. The van der Waals surface area contributed by atoms with Gasteiger partial charge in [-0.25, -0.2) is 0 Å². The lowest BCUT2D eigenvalue weighted by Gasteiger charge is -1.98. The first kappa shape index (κ1) is 7.90. The van der Waals surface area contributed by atoms with E-state index in [-0.39, 0.29) is 0 Å². The van der Waals surface area contributed by atoms with E-state index in [4.69, 9.17) is 0 Å². The zero-order valence-corrected chi connectivity index (χ0v) is 8.69. The van der Waals surface area contributed by atoms with E-state index >= 15 is 0 Å². The zero-order chi connectivity index (χ0) is 9.54. The average Bonchev–Trinajstić information content (AvgIpc) is 2.78. The third kappa shape index (κ3) is 0.964. The molecule has 3 aromatic rings. The second-order valence-electron chi connectivity index (χ2n) is 3.31. The number of hydrogen-bond donors (Lipinski definition) is 0. The molecule has 3 rings (SSSR count). The highest BCUT2D eigenvalue weighted by molar-refractivity contribution is 7.17. The van der Waals surface area contributed by atoms with Crippen LogP contribution in [0.1, 0.15) is 6.92 Å². The van der Waals surface area contributed by atoms with Gasteiger partial charge in [-0.1, -0.05) is 0 Å². The van der Waals surface area contributed by atoms with E-state index in [1.54, 1.807) is 11.3 Å². The molecule has 2 aromatic heterocycles. The van der Waals surface area contributed by atoms with Crippen molar-refractivity contribution in [3.8, 4) is 0 Å². The Bertz CT molecular complexity index is 588. The molecule has 0 spiro atoms. The van der Waals surface area contributed by atoms with Crippen molar-refractivity contribution in [1.82, 2.24) is 4.57 Å². The molecule has 0 atom stereocenters. The zero-order valence-electron chi connectivity index (χ0n) is 7.87. The Morgan fingerprint density at radius 2 is 2.36 bits per heavy atom. The Balaban J connectivity index is 2.47. The van der Waals surface area contributed by atoms with Gasteiger partial charge in [-0.2, -0.15) is 0 Å². The molecule has 0 unspecified atom stereocenters. The standard InChI is InChI=1S/C12H9NS/c1-2-13-5-3-9-8-12-10(4-6-14-12)7-11(9)13/h4,6-8H,2H2,1H3. The maximum Gasteiger partial charge on any atom is 0.0653 e. The van der Waals surface area contributed by atoms with E-state index < -0.39 is 0 Å². The van der Waals surface area contributed by atoms with E-state index in [1.165, 1.54) is 21.0 Å². The molecule has 0 aliphatic rings. The fraction of sp³-hybridized carbons (Fsp3) is 0.167. The Morgan fingerprint density at radius 1 is 1.43 bits per heavy atom. The third-order valence-electron chi connectivity index (χ3n) is 2.50. The minimum absolute atomic E-state index is 0.954. The highest BCUT2D eigenvalue weighted by atomic mass is 32.1. The van der Waals surface area contributed by atoms with Crippen LogP contribution < -0.4 is 0 Å². The molecule has 0 bridgehead atoms. The predicted molar refractivity (Wildman–Crippen MR) is 60.7 cm³/mol. The maximum absolute atomic E-state index is 3.17. The molecule has 2 heterocycles. The van der Waals surface area contributed by atoms with Crippen LogP contribution in [0.25, 0.3) is 21.0 Å². The van der Waals surface area contributed by atoms with Crippen LogP contribution in [0.2, 0.25) is 0 Å². The Hall–Kier alpha value is -1.46. The lowest BCUT2D eigenvalue weighted by atomic mass is 10.2. The van der Waals surface area contributed by atoms with Crippen molar-refractivity contribution < 1.29 is 0 Å². The van der Waals surface area contributed by atoms with Gasteiger partial charge in [0.25, 0.3) is 0 Å². The third-order valence-corrected chi connectivity index (χ3v) is 3.38. The van der Waals surface area contributed by atoms with Gasteiger partial charge in [0, 0.05) is 17.4 Å². The number of fused-ring (bicyclic) bond motifs is 2. The van der Waals surface area contributed by atoms with Crippen molar-refractivity contribution in [2.75, 3.05) is 0 Å². The van der Waals surface area contributed by atoms with Crippen molar-refractivity contribution in [3.63, 3.8) is 0 Å². The molecule has 0 amide bonds. The van der Waals surface area contributed by atoms with Crippen LogP contribution >= 0.6 is 11.3 Å². The second-order valence-corrected chi connectivity index (χ2v) is 4.26. The topological polar surface area (TPSA) is 4.93 Å². The molecule has 68 valence electrons. The first-order valence-electron chi connectivity index (χ1n) is 4.69. The van der Waals surface area contributed by atoms with Crippen molar-refractivity contribution >= 4 is 32.3 Å². The van der Waals surface area contributed by atoms with E-state index in [0.717, 1.165) is 6.54 Å². The van der Waals surface area contributed by atoms with Crippen LogP contribution in [-0.2, 0) is 6.54 Å². The van der Waals surface area contributed by atoms with Gasteiger partial charge in [0.15, 0.2) is 0 Å². The summed E-state index contributed by atoms with van der Waals surface area (Å²) in [5.74, 6) is 0. The van der Waals surface area contributed by atoms with Crippen LogP contribution in [-0.4, -0.2) is 4.57 Å². The summed E-state index contributed by atoms with van der Waals surface area (Å²) in [5.41, 5.74) is 1.23. The van der Waals surface area contributed by atoms with Crippen molar-refractivity contribution in [2.24, 2.45) is 0 Å². The van der Waals surface area contributed by atoms with E-state index in [1.807, 2.05) is 0 Å². The Morgan fingerprint density at radius 3 is 3.21 bits per heavy atom. The molecular weight excluding hydrogens is 190 g/mol. The van der Waals surface area contributed by atoms with Crippen molar-refractivity contribution in [3.05, 3.63) is 35.8 Å². The predicted octanol–water partition coefficient (Wildman–Crippen LogP) is 3.48. The first-order valence-corrected chi connectivity index (χ1v) is 5.57. The fourth-order valence-corrected chi connectivity index (χ4v) is 2.57. The molecule has 1 nitrogen and oxygen atoms in total. The maximum atomic E-state index is 3.17. The number of hydrogen-bond acceptors (Lipinski definition) is 1. The minimum Gasteiger partial charge on any atom is -0.300 e. The van der Waals surface area contributed by atoms with Crippen LogP contribution in [0.5, 0.6) is 0 Å². The van der Waals surface area contributed by atoms with Gasteiger partial charge in [-0.15, -0.1) is 11.3 Å². The summed E-state index contributed by atoms with van der Waals surface area (Å²) in [6.07, 6.45) is 3.12. The summed E-state index contributed by atoms with van der Waals surface area (Å²) in [7, 11) is 0. The SMILES string of the molecule is CCn1c#cc2cc3sccc3cc21. The van der Waals surface area contributed by atoms with Crippen LogP contribution in [0, 0.1) is 12.3 Å². The van der Waals surface area contributed by atoms with E-state index in [9.17, 15) is 0 Å². The second kappa shape index (κ2) is 2.76. The number of aromatic nitrogens is 1.